The molecule has 354 valence electrons. The van der Waals surface area contributed by atoms with E-state index in [1.54, 1.807) is 0 Å². The molecule has 1 fully saturated rings. The molecule has 0 spiro atoms. The first-order chi connectivity index (χ1) is 33.1. The Morgan fingerprint density at radius 3 is 1.77 bits per heavy atom. The van der Waals surface area contributed by atoms with Crippen molar-refractivity contribution in [3.8, 4) is 0 Å². The molecule has 1 aromatic heterocycles. The van der Waals surface area contributed by atoms with Gasteiger partial charge in [-0.15, -0.1) is 0 Å². The number of nitrogens with zero attached hydrogens (tertiary/aromatic N) is 3. The number of fused-ring (bicyclic) bond motifs is 11. The Kier molecular flexibility index (Phi) is 9.55. The molecule has 12 rings (SSSR count). The van der Waals surface area contributed by atoms with Gasteiger partial charge in [0.1, 0.15) is 17.0 Å². The van der Waals surface area contributed by atoms with Crippen LogP contribution in [0.3, 0.4) is 0 Å². The Labute approximate surface area is 415 Å². The van der Waals surface area contributed by atoms with Crippen molar-refractivity contribution in [3.05, 3.63) is 161 Å². The van der Waals surface area contributed by atoms with Crippen LogP contribution >= 0.6 is 0 Å². The van der Waals surface area contributed by atoms with Gasteiger partial charge in [-0.2, -0.15) is 0 Å². The summed E-state index contributed by atoms with van der Waals surface area (Å²) in [7, 11) is 0. The molecule has 0 bridgehead atoms. The fourth-order valence-corrected chi connectivity index (χ4v) is 13.4. The summed E-state index contributed by atoms with van der Waals surface area (Å²) in [5.74, 6) is -0.154. The topological polar surface area (TPSA) is 22.9 Å². The zero-order valence-corrected chi connectivity index (χ0v) is 43.6. The molecule has 8 aromatic rings. The monoisotopic (exact) mass is 924 g/mol. The first-order valence-electron chi connectivity index (χ1n) is 25.8. The molecule has 4 heterocycles. The van der Waals surface area contributed by atoms with Crippen molar-refractivity contribution in [1.29, 1.82) is 0 Å². The van der Waals surface area contributed by atoms with Gasteiger partial charge in [-0.1, -0.05) is 143 Å². The predicted octanol–water partition coefficient (Wildman–Crippen LogP) is 16.1. The molecule has 2 atom stereocenters. The lowest BCUT2D eigenvalue weighted by atomic mass is 9.33. The molecule has 4 aliphatic rings. The molecule has 4 nitrogen and oxygen atoms in total. The van der Waals surface area contributed by atoms with Crippen LogP contribution in [0.4, 0.5) is 49.9 Å². The summed E-state index contributed by atoms with van der Waals surface area (Å²) >= 11 is 0. The van der Waals surface area contributed by atoms with Crippen LogP contribution in [0.15, 0.2) is 126 Å². The van der Waals surface area contributed by atoms with Crippen LogP contribution in [-0.4, -0.2) is 12.3 Å². The van der Waals surface area contributed by atoms with E-state index in [1.807, 2.05) is 12.1 Å². The predicted molar refractivity (Wildman–Crippen MR) is 296 cm³/mol. The number of halogens is 1. The van der Waals surface area contributed by atoms with Crippen molar-refractivity contribution in [1.82, 2.24) is 0 Å². The fraction of sp³-hybridized carbons (Fsp3) is 0.344. The van der Waals surface area contributed by atoms with Gasteiger partial charge in [0.2, 0.25) is 0 Å². The second-order valence-electron chi connectivity index (χ2n) is 24.8. The van der Waals surface area contributed by atoms with Gasteiger partial charge in [0, 0.05) is 39.2 Å². The molecule has 0 saturated heterocycles. The summed E-state index contributed by atoms with van der Waals surface area (Å²) in [5, 5.41) is 2.16. The number of para-hydroxylation sites is 1. The molecular weight excluding hydrogens is 857 g/mol. The molecule has 1 saturated carbocycles. The molecule has 0 N–H and O–H groups in total. The maximum absolute atomic E-state index is 16.9. The minimum Gasteiger partial charge on any atom is -0.456 e. The van der Waals surface area contributed by atoms with Gasteiger partial charge in [0.25, 0.3) is 6.71 Å². The van der Waals surface area contributed by atoms with Crippen molar-refractivity contribution in [3.63, 3.8) is 0 Å². The lowest BCUT2D eigenvalue weighted by Gasteiger charge is -2.53. The number of hydrogen-bond donors (Lipinski definition) is 0. The van der Waals surface area contributed by atoms with Gasteiger partial charge in [-0.05, 0) is 160 Å². The number of hydrogen-bond acceptors (Lipinski definition) is 4. The third kappa shape index (κ3) is 6.33. The summed E-state index contributed by atoms with van der Waals surface area (Å²) in [4.78, 5) is 7.80. The number of rotatable bonds is 4. The van der Waals surface area contributed by atoms with Gasteiger partial charge < -0.3 is 19.1 Å². The fourth-order valence-electron chi connectivity index (χ4n) is 13.4. The van der Waals surface area contributed by atoms with Crippen molar-refractivity contribution in [2.75, 3.05) is 14.7 Å². The van der Waals surface area contributed by atoms with Crippen molar-refractivity contribution >= 4 is 90.5 Å². The zero-order chi connectivity index (χ0) is 49.2. The standard InChI is InChI=1S/C64H67BFN3O/c1-38-32-42(62(9,10)11)33-39(2)57(38)68-51-36-46(67(44-24-20-40(21-25-44)60(3,4)5)45-26-22-41(23-27-45)61(6,7)8)37-52-56(51)65(49-28-29-54-55(59(49)68)47-18-14-15-19-53(47)70-54)50-35-43(66)34-48-58(50)69(52)64(13)31-17-16-30-63(48,64)12/h14-15,18-29,32-37H,16-17,30-31H2,1-13H3. The van der Waals surface area contributed by atoms with E-state index < -0.39 is 0 Å². The Balaban J connectivity index is 1.25. The highest BCUT2D eigenvalue weighted by atomic mass is 19.1. The molecule has 1 aliphatic carbocycles. The van der Waals surface area contributed by atoms with E-state index in [9.17, 15) is 0 Å². The van der Waals surface area contributed by atoms with Gasteiger partial charge in [-0.3, -0.25) is 0 Å². The molecular formula is C64H67BFN3O. The van der Waals surface area contributed by atoms with E-state index in [4.69, 9.17) is 4.42 Å². The molecule has 3 aliphatic heterocycles. The largest absolute Gasteiger partial charge is 0.456 e. The lowest BCUT2D eigenvalue weighted by molar-refractivity contribution is 0.195. The van der Waals surface area contributed by atoms with Crippen LogP contribution < -0.4 is 31.1 Å². The molecule has 70 heavy (non-hydrogen) atoms. The summed E-state index contributed by atoms with van der Waals surface area (Å²) in [6.07, 6.45) is 4.29. The summed E-state index contributed by atoms with van der Waals surface area (Å²) in [5.41, 5.74) is 21.1. The number of benzene rings is 7. The van der Waals surface area contributed by atoms with Gasteiger partial charge in [0.05, 0.1) is 28.0 Å². The summed E-state index contributed by atoms with van der Waals surface area (Å²) < 4.78 is 23.7. The zero-order valence-electron chi connectivity index (χ0n) is 43.6. The average molecular weight is 924 g/mol. The maximum Gasteiger partial charge on any atom is 0.252 e. The second-order valence-corrected chi connectivity index (χ2v) is 24.8. The van der Waals surface area contributed by atoms with Crippen LogP contribution in [0.5, 0.6) is 0 Å². The Morgan fingerprint density at radius 1 is 0.571 bits per heavy atom. The number of anilines is 8. The van der Waals surface area contributed by atoms with Crippen LogP contribution in [-0.2, 0) is 21.7 Å². The third-order valence-corrected chi connectivity index (χ3v) is 17.3. The summed E-state index contributed by atoms with van der Waals surface area (Å²) in [6, 6.07) is 45.0. The van der Waals surface area contributed by atoms with Crippen molar-refractivity contribution in [2.45, 2.75) is 143 Å². The van der Waals surface area contributed by atoms with Crippen LogP contribution in [0.25, 0.3) is 21.9 Å². The van der Waals surface area contributed by atoms with E-state index >= 15 is 4.39 Å². The van der Waals surface area contributed by atoms with E-state index in [1.165, 1.54) is 55.8 Å². The van der Waals surface area contributed by atoms with Crippen LogP contribution in [0.2, 0.25) is 0 Å². The van der Waals surface area contributed by atoms with Gasteiger partial charge in [0.15, 0.2) is 0 Å². The minimum absolute atomic E-state index is 0.000119. The third-order valence-electron chi connectivity index (χ3n) is 17.3. The number of aryl methyl sites for hydroxylation is 2. The summed E-state index contributed by atoms with van der Waals surface area (Å²) in [6.45, 7) is 29.9. The normalized spacial score (nSPS) is 19.4. The molecule has 6 heteroatoms. The van der Waals surface area contributed by atoms with Crippen LogP contribution in [0, 0.1) is 19.7 Å². The Bertz CT molecular complexity index is 3390. The average Bonchev–Trinajstić information content (AvgIpc) is 3.78. The SMILES string of the molecule is Cc1cc(C(C)(C)C)cc(C)c1N1c2cc(N(c3ccc(C(C)(C)C)cc3)c3ccc(C(C)(C)C)cc3)cc3c2B(c2cc(F)cc4c2N3C2(C)CCCCC42C)c2ccc3oc4ccccc4c3c21. The molecule has 0 amide bonds. The van der Waals surface area contributed by atoms with E-state index in [0.29, 0.717) is 0 Å². The van der Waals surface area contributed by atoms with E-state index in [2.05, 4.69) is 214 Å². The maximum atomic E-state index is 16.9. The quantitative estimate of drug-likeness (QED) is 0.164. The Hall–Kier alpha value is -6.27. The molecule has 7 aromatic carbocycles. The van der Waals surface area contributed by atoms with Crippen molar-refractivity contribution < 1.29 is 8.81 Å². The van der Waals surface area contributed by atoms with Crippen LogP contribution in [0.1, 0.15) is 135 Å². The lowest BCUT2D eigenvalue weighted by Crippen LogP contribution is -2.64. The highest BCUT2D eigenvalue weighted by Crippen LogP contribution is 2.63. The van der Waals surface area contributed by atoms with Gasteiger partial charge >= 0.3 is 0 Å². The molecule has 2 unspecified atom stereocenters. The highest BCUT2D eigenvalue weighted by Gasteiger charge is 2.62. The number of furan rings is 1. The Morgan fingerprint density at radius 2 is 1.16 bits per heavy atom. The minimum atomic E-state index is -0.295. The molecule has 0 radical (unpaired) electrons. The second kappa shape index (κ2) is 14.9. The highest BCUT2D eigenvalue weighted by molar-refractivity contribution is 7.00. The van der Waals surface area contributed by atoms with Gasteiger partial charge in [-0.25, -0.2) is 4.39 Å². The van der Waals surface area contributed by atoms with E-state index in [0.717, 1.165) is 87.1 Å². The first-order valence-corrected chi connectivity index (χ1v) is 25.8. The van der Waals surface area contributed by atoms with Crippen molar-refractivity contribution in [2.24, 2.45) is 0 Å². The first kappa shape index (κ1) is 44.9. The van der Waals surface area contributed by atoms with E-state index in [-0.39, 0.29) is 39.7 Å². The smallest absolute Gasteiger partial charge is 0.252 e.